The van der Waals surface area contributed by atoms with Crippen LogP contribution < -0.4 is 20.3 Å². The van der Waals surface area contributed by atoms with Crippen molar-refractivity contribution in [2.45, 2.75) is 71.4 Å². The van der Waals surface area contributed by atoms with Gasteiger partial charge >= 0.3 is 12.1 Å². The van der Waals surface area contributed by atoms with Gasteiger partial charge in [-0.3, -0.25) is 4.79 Å². The largest absolute Gasteiger partial charge is 0.458 e. The number of alkyl carbamates (subject to hydrolysis) is 1. The summed E-state index contributed by atoms with van der Waals surface area (Å²) >= 11 is 0. The van der Waals surface area contributed by atoms with Crippen molar-refractivity contribution in [2.75, 3.05) is 26.9 Å². The van der Waals surface area contributed by atoms with Crippen LogP contribution in [-0.2, 0) is 39.6 Å². The Morgan fingerprint density at radius 2 is 1.91 bits per heavy atom. The Hall–Kier alpha value is -4.16. The number of carbonyl (C=O) groups excluding carboxylic acids is 2. The molecule has 0 aliphatic carbocycles. The zero-order valence-electron chi connectivity index (χ0n) is 25.0. The van der Waals surface area contributed by atoms with E-state index in [1.807, 2.05) is 40.0 Å². The van der Waals surface area contributed by atoms with Crippen LogP contribution in [0.3, 0.4) is 0 Å². The van der Waals surface area contributed by atoms with Gasteiger partial charge in [-0.15, -0.1) is 0 Å². The molecule has 2 N–H and O–H groups in total. The van der Waals surface area contributed by atoms with Gasteiger partial charge in [-0.05, 0) is 64.9 Å². The number of benzene rings is 1. The number of fused-ring (bicyclic) bond motifs is 6. The lowest BCUT2D eigenvalue weighted by molar-refractivity contribution is -0.172. The van der Waals surface area contributed by atoms with E-state index in [2.05, 4.69) is 10.2 Å². The van der Waals surface area contributed by atoms with Crippen LogP contribution in [0.5, 0.6) is 11.5 Å². The first-order valence-corrected chi connectivity index (χ1v) is 14.5. The summed E-state index contributed by atoms with van der Waals surface area (Å²) in [6.45, 7) is 9.06. The van der Waals surface area contributed by atoms with Crippen molar-refractivity contribution in [3.05, 3.63) is 50.8 Å². The van der Waals surface area contributed by atoms with Crippen LogP contribution in [0.15, 0.2) is 23.0 Å². The molecule has 2 aromatic heterocycles. The molecule has 3 aromatic rings. The van der Waals surface area contributed by atoms with Crippen molar-refractivity contribution in [2.24, 2.45) is 0 Å². The van der Waals surface area contributed by atoms with Crippen molar-refractivity contribution in [1.29, 1.82) is 0 Å². The molecule has 0 spiro atoms. The Balaban J connectivity index is 1.35. The molecule has 0 radical (unpaired) electrons. The zero-order chi connectivity index (χ0) is 30.7. The summed E-state index contributed by atoms with van der Waals surface area (Å²) in [5, 5.41) is 14.9. The zero-order valence-corrected chi connectivity index (χ0v) is 25.0. The lowest BCUT2D eigenvalue weighted by Gasteiger charge is -2.31. The number of aromatic nitrogens is 2. The molecule has 3 aliphatic heterocycles. The number of amides is 1. The summed E-state index contributed by atoms with van der Waals surface area (Å²) in [4.78, 5) is 45.5. The molecule has 3 aliphatic rings. The second kappa shape index (κ2) is 10.5. The number of cyclic esters (lactones) is 1. The standard InChI is InChI=1S/C31H36N4O8/c1-6-31(39)21-11-23-26-19(14-35(23)27(36)20(21)15-40-28(31)37)18(17-10-24-25(42-16-41-24)12-22(17)33-26)13-34(5)9-7-8-32-29(38)43-30(2,3)4/h10-12,39H,6-9,13-16H2,1-5H3,(H,32,38)/t31-/m0/s1. The first kappa shape index (κ1) is 28.9. The topological polar surface area (TPSA) is 141 Å². The van der Waals surface area contributed by atoms with E-state index in [4.69, 9.17) is 23.9 Å². The molecule has 12 heteroatoms. The number of esters is 1. The van der Waals surface area contributed by atoms with Crippen LogP contribution in [-0.4, -0.2) is 64.2 Å². The fourth-order valence-corrected chi connectivity index (χ4v) is 5.94. The number of hydrogen-bond donors (Lipinski definition) is 2. The maximum atomic E-state index is 13.7. The van der Waals surface area contributed by atoms with Gasteiger partial charge in [0.15, 0.2) is 17.1 Å². The second-order valence-electron chi connectivity index (χ2n) is 12.3. The average molecular weight is 593 g/mol. The number of nitrogens with zero attached hydrogens (tertiary/aromatic N) is 3. The predicted octanol–water partition coefficient (Wildman–Crippen LogP) is 3.15. The van der Waals surface area contributed by atoms with Crippen molar-refractivity contribution < 1.29 is 33.6 Å². The minimum absolute atomic E-state index is 0.0715. The summed E-state index contributed by atoms with van der Waals surface area (Å²) in [6, 6.07) is 5.48. The van der Waals surface area contributed by atoms with Gasteiger partial charge in [-0.1, -0.05) is 6.92 Å². The normalized spacial score (nSPS) is 18.3. The number of hydrogen-bond acceptors (Lipinski definition) is 10. The maximum Gasteiger partial charge on any atom is 0.407 e. The van der Waals surface area contributed by atoms with Gasteiger partial charge in [-0.25, -0.2) is 14.6 Å². The van der Waals surface area contributed by atoms with Gasteiger partial charge in [0.1, 0.15) is 12.2 Å². The molecule has 0 bridgehead atoms. The quantitative estimate of drug-likeness (QED) is 0.243. The van der Waals surface area contributed by atoms with Gasteiger partial charge < -0.3 is 38.8 Å². The molecule has 0 saturated heterocycles. The Morgan fingerprint density at radius 1 is 1.16 bits per heavy atom. The van der Waals surface area contributed by atoms with E-state index in [1.165, 1.54) is 0 Å². The van der Waals surface area contributed by atoms with E-state index in [9.17, 15) is 19.5 Å². The van der Waals surface area contributed by atoms with Crippen LogP contribution in [0.1, 0.15) is 62.8 Å². The Bertz CT molecular complexity index is 1710. The summed E-state index contributed by atoms with van der Waals surface area (Å²) in [7, 11) is 2.00. The van der Waals surface area contributed by atoms with Crippen LogP contribution >= 0.6 is 0 Å². The van der Waals surface area contributed by atoms with Crippen LogP contribution in [0.2, 0.25) is 0 Å². The van der Waals surface area contributed by atoms with Crippen molar-refractivity contribution in [1.82, 2.24) is 19.8 Å². The Labute approximate surface area is 248 Å². The van der Waals surface area contributed by atoms with E-state index >= 15 is 0 Å². The van der Waals surface area contributed by atoms with Crippen molar-refractivity contribution >= 4 is 23.0 Å². The lowest BCUT2D eigenvalue weighted by Crippen LogP contribution is -2.44. The molecule has 1 atom stereocenters. The molecule has 6 rings (SSSR count). The second-order valence-corrected chi connectivity index (χ2v) is 12.3. The smallest absolute Gasteiger partial charge is 0.407 e. The highest BCUT2D eigenvalue weighted by Gasteiger charge is 2.45. The molecule has 43 heavy (non-hydrogen) atoms. The maximum absolute atomic E-state index is 13.7. The highest BCUT2D eigenvalue weighted by Crippen LogP contribution is 2.43. The number of rotatable bonds is 7. The Kier molecular flexibility index (Phi) is 7.09. The minimum atomic E-state index is -1.90. The number of carbonyl (C=O) groups is 2. The fraction of sp³-hybridized carbons (Fsp3) is 0.484. The lowest BCUT2D eigenvalue weighted by atomic mass is 9.86. The van der Waals surface area contributed by atoms with Gasteiger partial charge in [0, 0.05) is 35.7 Å². The van der Waals surface area contributed by atoms with E-state index in [0.717, 1.165) is 16.5 Å². The monoisotopic (exact) mass is 592 g/mol. The SMILES string of the molecule is CC[C@@]1(O)C(=O)OCc2c1cc1n(c2=O)Cc2c-1nc1cc3c(cc1c2CN(C)CCCNC(=O)OC(C)(C)C)OCO3. The molecule has 5 heterocycles. The van der Waals surface area contributed by atoms with Gasteiger partial charge in [0.2, 0.25) is 6.79 Å². The summed E-state index contributed by atoms with van der Waals surface area (Å²) < 4.78 is 23.5. The van der Waals surface area contributed by atoms with Crippen molar-refractivity contribution in [3.63, 3.8) is 0 Å². The first-order chi connectivity index (χ1) is 20.4. The number of pyridine rings is 2. The third kappa shape index (κ3) is 5.08. The van der Waals surface area contributed by atoms with E-state index < -0.39 is 23.3 Å². The average Bonchev–Trinajstić information content (AvgIpc) is 3.56. The van der Waals surface area contributed by atoms with E-state index in [-0.39, 0.29) is 43.1 Å². The van der Waals surface area contributed by atoms with E-state index in [1.54, 1.807) is 17.6 Å². The Morgan fingerprint density at radius 3 is 2.63 bits per heavy atom. The van der Waals surface area contributed by atoms with Gasteiger partial charge in [0.05, 0.1) is 29.0 Å². The molecular weight excluding hydrogens is 556 g/mol. The summed E-state index contributed by atoms with van der Waals surface area (Å²) in [5.74, 6) is 0.468. The molecule has 12 nitrogen and oxygen atoms in total. The summed E-state index contributed by atoms with van der Waals surface area (Å²) in [6.07, 6.45) is 0.322. The number of nitrogens with one attached hydrogen (secondary N) is 1. The molecule has 0 fully saturated rings. The first-order valence-electron chi connectivity index (χ1n) is 14.5. The van der Waals surface area contributed by atoms with Gasteiger partial charge in [-0.2, -0.15) is 0 Å². The highest BCUT2D eigenvalue weighted by molar-refractivity contribution is 5.91. The number of ether oxygens (including phenoxy) is 4. The summed E-state index contributed by atoms with van der Waals surface area (Å²) in [5.41, 5.74) is 1.51. The number of aliphatic hydroxyl groups is 1. The van der Waals surface area contributed by atoms with Crippen LogP contribution in [0, 0.1) is 0 Å². The third-order valence-corrected chi connectivity index (χ3v) is 8.11. The molecule has 228 valence electrons. The third-order valence-electron chi connectivity index (χ3n) is 8.11. The van der Waals surface area contributed by atoms with Crippen molar-refractivity contribution in [3.8, 4) is 22.9 Å². The fourth-order valence-electron chi connectivity index (χ4n) is 5.94. The minimum Gasteiger partial charge on any atom is -0.458 e. The highest BCUT2D eigenvalue weighted by atomic mass is 16.7. The van der Waals surface area contributed by atoms with Crippen LogP contribution in [0.4, 0.5) is 4.79 Å². The molecular formula is C31H36N4O8. The molecule has 0 unspecified atom stereocenters. The predicted molar refractivity (Wildman–Crippen MR) is 156 cm³/mol. The molecule has 0 saturated carbocycles. The molecule has 1 aromatic carbocycles. The van der Waals surface area contributed by atoms with Crippen LogP contribution in [0.25, 0.3) is 22.3 Å². The van der Waals surface area contributed by atoms with Gasteiger partial charge in [0.25, 0.3) is 5.56 Å². The molecule has 1 amide bonds. The van der Waals surface area contributed by atoms with E-state index in [0.29, 0.717) is 54.5 Å².